The van der Waals surface area contributed by atoms with Crippen LogP contribution < -0.4 is 15.6 Å². The van der Waals surface area contributed by atoms with Crippen LogP contribution in [0.4, 0.5) is 0 Å². The topological polar surface area (TPSA) is 99.9 Å². The van der Waals surface area contributed by atoms with Crippen molar-refractivity contribution in [2.45, 2.75) is 18.9 Å². The number of amides is 1. The minimum atomic E-state index is -0.168. The molecule has 0 radical (unpaired) electrons. The molecule has 0 atom stereocenters. The number of hydrogen-bond donors (Lipinski definition) is 3. The predicted molar refractivity (Wildman–Crippen MR) is 99.1 cm³/mol. The normalized spacial score (nSPS) is 14.0. The minimum Gasteiger partial charge on any atom is -0.495 e. The third-order valence-corrected chi connectivity index (χ3v) is 4.28. The number of carbonyl (C=O) groups is 1. The lowest BCUT2D eigenvalue weighted by Crippen LogP contribution is -2.25. The predicted octanol–water partition coefficient (Wildman–Crippen LogP) is 2.32. The molecule has 3 N–H and O–H groups in total. The molecule has 7 nitrogen and oxygen atoms in total. The van der Waals surface area contributed by atoms with E-state index in [0.29, 0.717) is 28.2 Å². The van der Waals surface area contributed by atoms with Crippen molar-refractivity contribution in [2.24, 2.45) is 0 Å². The lowest BCUT2D eigenvalue weighted by Gasteiger charge is -2.10. The summed E-state index contributed by atoms with van der Waals surface area (Å²) >= 11 is 0. The zero-order valence-corrected chi connectivity index (χ0v) is 14.2. The number of rotatable bonds is 5. The summed E-state index contributed by atoms with van der Waals surface area (Å²) in [7, 11) is 1.54. The second kappa shape index (κ2) is 6.51. The summed E-state index contributed by atoms with van der Waals surface area (Å²) in [5.74, 6) is 0.338. The van der Waals surface area contributed by atoms with Gasteiger partial charge in [0, 0.05) is 17.8 Å². The van der Waals surface area contributed by atoms with Gasteiger partial charge in [0.05, 0.1) is 29.3 Å². The van der Waals surface area contributed by atoms with E-state index in [-0.39, 0.29) is 17.5 Å². The lowest BCUT2D eigenvalue weighted by atomic mass is 10.1. The van der Waals surface area contributed by atoms with Crippen molar-refractivity contribution in [1.82, 2.24) is 20.5 Å². The van der Waals surface area contributed by atoms with E-state index >= 15 is 0 Å². The quantitative estimate of drug-likeness (QED) is 0.657. The van der Waals surface area contributed by atoms with Crippen LogP contribution in [0.1, 0.15) is 34.6 Å². The van der Waals surface area contributed by atoms with Gasteiger partial charge in [-0.25, -0.2) is 0 Å². The summed E-state index contributed by atoms with van der Waals surface area (Å²) in [5, 5.41) is 10.9. The van der Waals surface area contributed by atoms with Crippen molar-refractivity contribution in [3.05, 3.63) is 57.6 Å². The first-order chi connectivity index (χ1) is 12.7. The van der Waals surface area contributed by atoms with Crippen LogP contribution in [-0.2, 0) is 0 Å². The van der Waals surface area contributed by atoms with Gasteiger partial charge in [-0.3, -0.25) is 14.7 Å². The zero-order chi connectivity index (χ0) is 18.1. The van der Waals surface area contributed by atoms with Crippen LogP contribution in [0.2, 0.25) is 0 Å². The van der Waals surface area contributed by atoms with E-state index in [1.807, 2.05) is 0 Å². The second-order valence-corrected chi connectivity index (χ2v) is 6.23. The maximum absolute atomic E-state index is 12.5. The fraction of sp³-hybridized carbons (Fsp3) is 0.211. The third kappa shape index (κ3) is 3.11. The van der Waals surface area contributed by atoms with Gasteiger partial charge in [0.1, 0.15) is 5.75 Å². The Morgan fingerprint density at radius 3 is 2.85 bits per heavy atom. The van der Waals surface area contributed by atoms with Crippen molar-refractivity contribution in [3.63, 3.8) is 0 Å². The molecule has 1 fully saturated rings. The van der Waals surface area contributed by atoms with Crippen LogP contribution in [-0.4, -0.2) is 34.2 Å². The number of aromatic amines is 2. The van der Waals surface area contributed by atoms with Gasteiger partial charge in [-0.2, -0.15) is 5.10 Å². The largest absolute Gasteiger partial charge is 0.495 e. The number of nitrogens with zero attached hydrogens (tertiary/aromatic N) is 1. The smallest absolute Gasteiger partial charge is 0.255 e. The Hall–Kier alpha value is -3.35. The Kier molecular flexibility index (Phi) is 4.04. The summed E-state index contributed by atoms with van der Waals surface area (Å²) in [6.45, 7) is 0. The molecule has 26 heavy (non-hydrogen) atoms. The summed E-state index contributed by atoms with van der Waals surface area (Å²) < 4.78 is 5.54. The van der Waals surface area contributed by atoms with Crippen LogP contribution >= 0.6 is 0 Å². The third-order valence-electron chi connectivity index (χ3n) is 4.28. The fourth-order valence-electron chi connectivity index (χ4n) is 2.84. The molecule has 0 aliphatic heterocycles. The van der Waals surface area contributed by atoms with Crippen molar-refractivity contribution < 1.29 is 9.53 Å². The molecule has 4 rings (SSSR count). The number of methoxy groups -OCH3 is 1. The molecule has 132 valence electrons. The fourth-order valence-corrected chi connectivity index (χ4v) is 2.84. The lowest BCUT2D eigenvalue weighted by molar-refractivity contribution is 0.0948. The van der Waals surface area contributed by atoms with Crippen LogP contribution in [0.25, 0.3) is 23.1 Å². The van der Waals surface area contributed by atoms with E-state index in [1.54, 1.807) is 36.4 Å². The Morgan fingerprint density at radius 1 is 1.27 bits per heavy atom. The van der Waals surface area contributed by atoms with Gasteiger partial charge in [-0.15, -0.1) is 0 Å². The van der Waals surface area contributed by atoms with Gasteiger partial charge in [0.2, 0.25) is 5.56 Å². The second-order valence-electron chi connectivity index (χ2n) is 6.23. The zero-order valence-electron chi connectivity index (χ0n) is 14.2. The van der Waals surface area contributed by atoms with Crippen molar-refractivity contribution in [1.29, 1.82) is 0 Å². The molecule has 0 unspecified atom stereocenters. The molecule has 1 aliphatic carbocycles. The van der Waals surface area contributed by atoms with Crippen LogP contribution in [0, 0.1) is 0 Å². The number of fused-ring (bicyclic) bond motifs is 1. The molecule has 2 heterocycles. The maximum Gasteiger partial charge on any atom is 0.255 e. The molecule has 1 saturated carbocycles. The average molecular weight is 350 g/mol. The van der Waals surface area contributed by atoms with E-state index in [2.05, 4.69) is 20.5 Å². The Balaban J connectivity index is 1.75. The molecule has 2 aromatic heterocycles. The van der Waals surface area contributed by atoms with Crippen molar-refractivity contribution in [2.75, 3.05) is 7.11 Å². The highest BCUT2D eigenvalue weighted by Crippen LogP contribution is 2.32. The summed E-state index contributed by atoms with van der Waals surface area (Å²) in [5.41, 5.74) is 2.38. The summed E-state index contributed by atoms with van der Waals surface area (Å²) in [4.78, 5) is 26.6. The Morgan fingerprint density at radius 2 is 2.12 bits per heavy atom. The highest BCUT2D eigenvalue weighted by atomic mass is 16.5. The molecule has 1 amide bonds. The first kappa shape index (κ1) is 16.1. The standard InChI is InChI=1S/C19H18N4O3/c1-26-18-13(19(25)21-12-5-6-12)8-10-15-17(18)14(22-23-15)9-7-11-3-2-4-16(24)20-11/h2-4,7-10,12H,5-6H2,1H3,(H,20,24)(H,21,25)(H,22,23). The monoisotopic (exact) mass is 350 g/mol. The molecular weight excluding hydrogens is 332 g/mol. The average Bonchev–Trinajstić information content (AvgIpc) is 3.36. The van der Waals surface area contributed by atoms with Gasteiger partial charge in [-0.05, 0) is 43.2 Å². The van der Waals surface area contributed by atoms with Gasteiger partial charge in [0.25, 0.3) is 5.91 Å². The van der Waals surface area contributed by atoms with E-state index in [1.165, 1.54) is 13.2 Å². The van der Waals surface area contributed by atoms with Gasteiger partial charge in [-0.1, -0.05) is 6.07 Å². The first-order valence-corrected chi connectivity index (χ1v) is 8.39. The highest BCUT2D eigenvalue weighted by molar-refractivity contribution is 6.05. The molecule has 0 bridgehead atoms. The van der Waals surface area contributed by atoms with E-state index in [0.717, 1.165) is 18.2 Å². The number of H-pyrrole nitrogens is 2. The van der Waals surface area contributed by atoms with Crippen molar-refractivity contribution in [3.8, 4) is 5.75 Å². The summed E-state index contributed by atoms with van der Waals surface area (Å²) in [6, 6.07) is 8.71. The molecule has 3 aromatic rings. The van der Waals surface area contributed by atoms with Crippen molar-refractivity contribution >= 4 is 29.0 Å². The number of hydrogen-bond acceptors (Lipinski definition) is 4. The van der Waals surface area contributed by atoms with Crippen LogP contribution in [0.5, 0.6) is 5.75 Å². The number of benzene rings is 1. The number of nitrogens with one attached hydrogen (secondary N) is 3. The number of pyridine rings is 1. The number of ether oxygens (including phenoxy) is 1. The van der Waals surface area contributed by atoms with E-state index in [4.69, 9.17) is 4.74 Å². The molecule has 0 spiro atoms. The minimum absolute atomic E-state index is 0.144. The summed E-state index contributed by atoms with van der Waals surface area (Å²) in [6.07, 6.45) is 5.60. The van der Waals surface area contributed by atoms with Gasteiger partial charge >= 0.3 is 0 Å². The maximum atomic E-state index is 12.5. The Labute approximate surface area is 149 Å². The number of aromatic nitrogens is 3. The molecule has 7 heteroatoms. The van der Waals surface area contributed by atoms with Crippen LogP contribution in [0.15, 0.2) is 35.1 Å². The molecule has 1 aliphatic rings. The number of carbonyl (C=O) groups excluding carboxylic acids is 1. The van der Waals surface area contributed by atoms with Gasteiger partial charge < -0.3 is 15.0 Å². The molecular formula is C19H18N4O3. The van der Waals surface area contributed by atoms with E-state index in [9.17, 15) is 9.59 Å². The SMILES string of the molecule is COc1c(C(=O)NC2CC2)ccc2n[nH]c(C=Cc3cccc(=O)[nH]3)c12. The molecule has 1 aromatic carbocycles. The van der Waals surface area contributed by atoms with E-state index < -0.39 is 0 Å². The Bertz CT molecular complexity index is 1060. The first-order valence-electron chi connectivity index (χ1n) is 8.39. The highest BCUT2D eigenvalue weighted by Gasteiger charge is 2.26. The van der Waals surface area contributed by atoms with Gasteiger partial charge in [0.15, 0.2) is 0 Å². The molecule has 0 saturated heterocycles. The van der Waals surface area contributed by atoms with Crippen LogP contribution in [0.3, 0.4) is 0 Å².